The van der Waals surface area contributed by atoms with E-state index in [9.17, 15) is 4.79 Å². The van der Waals surface area contributed by atoms with Crippen LogP contribution in [-0.2, 0) is 16.1 Å². The number of hydrogen-bond acceptors (Lipinski definition) is 4. The molecule has 1 amide bonds. The molecule has 0 spiro atoms. The van der Waals surface area contributed by atoms with Crippen LogP contribution in [-0.4, -0.2) is 80.1 Å². The van der Waals surface area contributed by atoms with Crippen LogP contribution in [0.3, 0.4) is 0 Å². The van der Waals surface area contributed by atoms with Crippen molar-refractivity contribution < 1.29 is 9.53 Å². The Bertz CT molecular complexity index is 543. The van der Waals surface area contributed by atoms with E-state index < -0.39 is 0 Å². The predicted octanol–water partition coefficient (Wildman–Crippen LogP) is 1.69. The van der Waals surface area contributed by atoms with Crippen molar-refractivity contribution in [3.63, 3.8) is 0 Å². The maximum Gasteiger partial charge on any atom is 0.227 e. The second-order valence-corrected chi connectivity index (χ2v) is 7.34. The van der Waals surface area contributed by atoms with Crippen LogP contribution in [0.15, 0.2) is 30.3 Å². The zero-order valence-electron chi connectivity index (χ0n) is 15.6. The summed E-state index contributed by atoms with van der Waals surface area (Å²) in [5.74, 6) is 0.410. The average Bonchev–Trinajstić information content (AvgIpc) is 2.64. The van der Waals surface area contributed by atoms with Crippen molar-refractivity contribution in [3.05, 3.63) is 35.9 Å². The lowest BCUT2D eigenvalue weighted by Gasteiger charge is -2.42. The minimum atomic E-state index is 0.0828. The van der Waals surface area contributed by atoms with Crippen molar-refractivity contribution in [1.82, 2.24) is 14.7 Å². The van der Waals surface area contributed by atoms with Crippen LogP contribution in [0.1, 0.15) is 18.4 Å². The Morgan fingerprint density at radius 3 is 2.52 bits per heavy atom. The third-order valence-electron chi connectivity index (χ3n) is 5.64. The summed E-state index contributed by atoms with van der Waals surface area (Å²) in [6.45, 7) is 6.26. The maximum atomic E-state index is 13.1. The van der Waals surface area contributed by atoms with Gasteiger partial charge in [0.2, 0.25) is 5.91 Å². The minimum Gasteiger partial charge on any atom is -0.383 e. The number of carbonyl (C=O) groups excluding carboxylic acids is 1. The third-order valence-corrected chi connectivity index (χ3v) is 5.64. The molecule has 2 fully saturated rings. The van der Waals surface area contributed by atoms with Crippen molar-refractivity contribution in [1.29, 1.82) is 0 Å². The van der Waals surface area contributed by atoms with Gasteiger partial charge in [0.05, 0.1) is 12.5 Å². The molecule has 3 rings (SSSR count). The van der Waals surface area contributed by atoms with Crippen LogP contribution < -0.4 is 0 Å². The van der Waals surface area contributed by atoms with Gasteiger partial charge in [-0.05, 0) is 32.0 Å². The molecule has 2 atom stereocenters. The summed E-state index contributed by atoms with van der Waals surface area (Å²) in [4.78, 5) is 19.9. The van der Waals surface area contributed by atoms with E-state index in [-0.39, 0.29) is 12.0 Å². The monoisotopic (exact) mass is 345 g/mol. The number of piperazine rings is 1. The van der Waals surface area contributed by atoms with E-state index in [2.05, 4.69) is 52.1 Å². The highest BCUT2D eigenvalue weighted by Crippen LogP contribution is 2.25. The predicted molar refractivity (Wildman–Crippen MR) is 99.3 cm³/mol. The Morgan fingerprint density at radius 2 is 1.84 bits per heavy atom. The maximum absolute atomic E-state index is 13.1. The normalized spacial score (nSPS) is 25.9. The molecular weight excluding hydrogens is 314 g/mol. The largest absolute Gasteiger partial charge is 0.383 e. The fourth-order valence-corrected chi connectivity index (χ4v) is 4.13. The first kappa shape index (κ1) is 18.4. The summed E-state index contributed by atoms with van der Waals surface area (Å²) in [7, 11) is 3.84. The number of carbonyl (C=O) groups is 1. The van der Waals surface area contributed by atoms with Crippen molar-refractivity contribution in [3.8, 4) is 0 Å². The smallest absolute Gasteiger partial charge is 0.227 e. The highest BCUT2D eigenvalue weighted by atomic mass is 16.5. The lowest BCUT2D eigenvalue weighted by Crippen LogP contribution is -2.55. The van der Waals surface area contributed by atoms with Crippen LogP contribution >= 0.6 is 0 Å². The number of ether oxygens (including phenoxy) is 1. The van der Waals surface area contributed by atoms with Gasteiger partial charge in [0, 0.05) is 45.9 Å². The number of piperidine rings is 1. The fraction of sp³-hybridized carbons (Fsp3) is 0.650. The molecular formula is C20H31N3O2. The molecule has 1 aromatic rings. The summed E-state index contributed by atoms with van der Waals surface area (Å²) >= 11 is 0. The SMILES string of the molecule is COC[C@@H]1[C@H](C(=O)N2CCN(Cc3ccccc3)CC2)CCCN1C. The summed E-state index contributed by atoms with van der Waals surface area (Å²) in [6.07, 6.45) is 2.09. The fourth-order valence-electron chi connectivity index (χ4n) is 4.13. The molecule has 2 aliphatic heterocycles. The molecule has 0 bridgehead atoms. The van der Waals surface area contributed by atoms with Crippen molar-refractivity contribution in [2.45, 2.75) is 25.4 Å². The summed E-state index contributed by atoms with van der Waals surface area (Å²) in [6, 6.07) is 10.8. The Hall–Kier alpha value is -1.43. The van der Waals surface area contributed by atoms with Gasteiger partial charge < -0.3 is 14.5 Å². The Kier molecular flexibility index (Phi) is 6.45. The van der Waals surface area contributed by atoms with Gasteiger partial charge >= 0.3 is 0 Å². The molecule has 0 radical (unpaired) electrons. The van der Waals surface area contributed by atoms with Crippen LogP contribution in [0, 0.1) is 5.92 Å². The second-order valence-electron chi connectivity index (χ2n) is 7.34. The number of hydrogen-bond donors (Lipinski definition) is 0. The Morgan fingerprint density at radius 1 is 1.12 bits per heavy atom. The van der Waals surface area contributed by atoms with E-state index >= 15 is 0 Å². The van der Waals surface area contributed by atoms with Gasteiger partial charge in [-0.2, -0.15) is 0 Å². The van der Waals surface area contributed by atoms with Crippen LogP contribution in [0.5, 0.6) is 0 Å². The third kappa shape index (κ3) is 4.60. The molecule has 5 nitrogen and oxygen atoms in total. The van der Waals surface area contributed by atoms with Crippen LogP contribution in [0.25, 0.3) is 0 Å². The number of nitrogens with zero attached hydrogens (tertiary/aromatic N) is 3. The quantitative estimate of drug-likeness (QED) is 0.814. The molecule has 0 saturated carbocycles. The van der Waals surface area contributed by atoms with Crippen LogP contribution in [0.4, 0.5) is 0 Å². The standard InChI is InChI=1S/C20H31N3O2/c1-21-10-6-9-18(19(21)16-25-2)20(24)23-13-11-22(12-14-23)15-17-7-4-3-5-8-17/h3-5,7-8,18-19H,6,9-16H2,1-2H3/t18-,19-/m1/s1. The molecule has 25 heavy (non-hydrogen) atoms. The Labute approximate surface area is 151 Å². The van der Waals surface area contributed by atoms with Crippen molar-refractivity contribution in [2.24, 2.45) is 5.92 Å². The van der Waals surface area contributed by atoms with E-state index in [0.717, 1.165) is 52.1 Å². The van der Waals surface area contributed by atoms with E-state index in [1.807, 2.05) is 0 Å². The topological polar surface area (TPSA) is 36.0 Å². The van der Waals surface area contributed by atoms with Crippen LogP contribution in [0.2, 0.25) is 0 Å². The molecule has 0 unspecified atom stereocenters. The van der Waals surface area contributed by atoms with Gasteiger partial charge in [-0.3, -0.25) is 9.69 Å². The molecule has 0 aromatic heterocycles. The van der Waals surface area contributed by atoms with E-state index in [1.165, 1.54) is 5.56 Å². The highest BCUT2D eigenvalue weighted by Gasteiger charge is 2.37. The van der Waals surface area contributed by atoms with E-state index in [0.29, 0.717) is 12.5 Å². The van der Waals surface area contributed by atoms with Crippen molar-refractivity contribution in [2.75, 3.05) is 53.5 Å². The second kappa shape index (κ2) is 8.79. The zero-order chi connectivity index (χ0) is 17.6. The number of amides is 1. The number of rotatable bonds is 5. The van der Waals surface area contributed by atoms with Gasteiger partial charge in [-0.25, -0.2) is 0 Å². The molecule has 0 N–H and O–H groups in total. The minimum absolute atomic E-state index is 0.0828. The van der Waals surface area contributed by atoms with Gasteiger partial charge in [0.1, 0.15) is 0 Å². The van der Waals surface area contributed by atoms with Gasteiger partial charge in [-0.15, -0.1) is 0 Å². The first-order chi connectivity index (χ1) is 12.2. The highest BCUT2D eigenvalue weighted by molar-refractivity contribution is 5.80. The molecule has 1 aromatic carbocycles. The summed E-state index contributed by atoms with van der Waals surface area (Å²) in [5, 5.41) is 0. The van der Waals surface area contributed by atoms with Gasteiger partial charge in [-0.1, -0.05) is 30.3 Å². The molecule has 2 aliphatic rings. The number of benzene rings is 1. The average molecular weight is 345 g/mol. The van der Waals surface area contributed by atoms with E-state index in [4.69, 9.17) is 4.74 Å². The first-order valence-electron chi connectivity index (χ1n) is 9.43. The Balaban J connectivity index is 1.53. The van der Waals surface area contributed by atoms with Crippen molar-refractivity contribution >= 4 is 5.91 Å². The molecule has 0 aliphatic carbocycles. The summed E-state index contributed by atoms with van der Waals surface area (Å²) < 4.78 is 5.38. The first-order valence-corrected chi connectivity index (χ1v) is 9.43. The van der Waals surface area contributed by atoms with E-state index in [1.54, 1.807) is 7.11 Å². The molecule has 2 saturated heterocycles. The molecule has 138 valence electrons. The summed E-state index contributed by atoms with van der Waals surface area (Å²) in [5.41, 5.74) is 1.34. The lowest BCUT2D eigenvalue weighted by molar-refractivity contribution is -0.142. The zero-order valence-corrected chi connectivity index (χ0v) is 15.6. The number of methoxy groups -OCH3 is 1. The number of likely N-dealkylation sites (N-methyl/N-ethyl adjacent to an activating group) is 1. The van der Waals surface area contributed by atoms with Gasteiger partial charge in [0.25, 0.3) is 0 Å². The lowest BCUT2D eigenvalue weighted by atomic mass is 9.88. The molecule has 2 heterocycles. The molecule has 5 heteroatoms. The van der Waals surface area contributed by atoms with Gasteiger partial charge in [0.15, 0.2) is 0 Å². The number of likely N-dealkylation sites (tertiary alicyclic amines) is 1.